The van der Waals surface area contributed by atoms with Gasteiger partial charge in [0.2, 0.25) is 0 Å². The summed E-state index contributed by atoms with van der Waals surface area (Å²) in [5.74, 6) is 0.353. The first-order chi connectivity index (χ1) is 7.91. The molecule has 1 aromatic rings. The Balaban J connectivity index is 2.77. The minimum absolute atomic E-state index is 0.120. The third-order valence-corrected chi connectivity index (χ3v) is 2.88. The van der Waals surface area contributed by atoms with Crippen LogP contribution >= 0.6 is 11.6 Å². The Labute approximate surface area is 108 Å². The average Bonchev–Trinajstić information content (AvgIpc) is 2.25. The SMILES string of the molecule is C=C(NC(C(C)=O)C(C)C)c1ccc(Cl)cc1. The maximum Gasteiger partial charge on any atom is 0.152 e. The van der Waals surface area contributed by atoms with Crippen LogP contribution in [0.3, 0.4) is 0 Å². The van der Waals surface area contributed by atoms with Gasteiger partial charge >= 0.3 is 0 Å². The Morgan fingerprint density at radius 2 is 1.82 bits per heavy atom. The number of hydrogen-bond acceptors (Lipinski definition) is 2. The lowest BCUT2D eigenvalue weighted by atomic mass is 10.00. The van der Waals surface area contributed by atoms with Gasteiger partial charge in [0.1, 0.15) is 0 Å². The second-order valence-corrected chi connectivity index (χ2v) is 4.90. The van der Waals surface area contributed by atoms with E-state index in [1.54, 1.807) is 6.92 Å². The Bertz CT molecular complexity index is 409. The molecule has 1 rings (SSSR count). The summed E-state index contributed by atoms with van der Waals surface area (Å²) in [4.78, 5) is 11.5. The zero-order valence-electron chi connectivity index (χ0n) is 10.5. The van der Waals surface area contributed by atoms with Crippen LogP contribution in [0.4, 0.5) is 0 Å². The van der Waals surface area contributed by atoms with E-state index in [9.17, 15) is 4.79 Å². The lowest BCUT2D eigenvalue weighted by Gasteiger charge is -2.22. The van der Waals surface area contributed by atoms with Crippen molar-refractivity contribution in [3.63, 3.8) is 0 Å². The fraction of sp³-hybridized carbons (Fsp3) is 0.357. The van der Waals surface area contributed by atoms with Gasteiger partial charge < -0.3 is 5.32 Å². The van der Waals surface area contributed by atoms with Gasteiger partial charge in [-0.25, -0.2) is 0 Å². The minimum atomic E-state index is -0.196. The molecule has 0 amide bonds. The van der Waals surface area contributed by atoms with Gasteiger partial charge in [0.05, 0.1) is 6.04 Å². The van der Waals surface area contributed by atoms with Crippen LogP contribution < -0.4 is 5.32 Å². The van der Waals surface area contributed by atoms with Gasteiger partial charge in [-0.1, -0.05) is 44.2 Å². The van der Waals surface area contributed by atoms with Gasteiger partial charge in [-0.3, -0.25) is 4.79 Å². The Morgan fingerprint density at radius 3 is 2.24 bits per heavy atom. The van der Waals surface area contributed by atoms with E-state index in [1.807, 2.05) is 38.1 Å². The van der Waals surface area contributed by atoms with Crippen molar-refractivity contribution in [1.82, 2.24) is 5.32 Å². The number of carbonyl (C=O) groups excluding carboxylic acids is 1. The second kappa shape index (κ2) is 5.87. The first-order valence-corrected chi connectivity index (χ1v) is 6.01. The highest BCUT2D eigenvalue weighted by molar-refractivity contribution is 6.30. The van der Waals surface area contributed by atoms with E-state index in [1.165, 1.54) is 0 Å². The maximum absolute atomic E-state index is 11.5. The summed E-state index contributed by atoms with van der Waals surface area (Å²) in [5.41, 5.74) is 1.69. The molecule has 0 aromatic heterocycles. The number of nitrogens with one attached hydrogen (secondary N) is 1. The Hall–Kier alpha value is -1.28. The van der Waals surface area contributed by atoms with Crippen molar-refractivity contribution in [3.8, 4) is 0 Å². The monoisotopic (exact) mass is 251 g/mol. The molecular weight excluding hydrogens is 234 g/mol. The molecule has 2 nitrogen and oxygen atoms in total. The van der Waals surface area contributed by atoms with Crippen LogP contribution in [0, 0.1) is 5.92 Å². The number of carbonyl (C=O) groups is 1. The number of ketones is 1. The molecule has 0 saturated carbocycles. The van der Waals surface area contributed by atoms with E-state index in [0.29, 0.717) is 5.02 Å². The molecule has 1 N–H and O–H groups in total. The van der Waals surface area contributed by atoms with E-state index in [2.05, 4.69) is 11.9 Å². The lowest BCUT2D eigenvalue weighted by Crippen LogP contribution is -2.38. The molecule has 1 unspecified atom stereocenters. The highest BCUT2D eigenvalue weighted by Gasteiger charge is 2.18. The summed E-state index contributed by atoms with van der Waals surface area (Å²) in [6, 6.07) is 7.19. The van der Waals surface area contributed by atoms with Crippen molar-refractivity contribution in [2.75, 3.05) is 0 Å². The molecule has 92 valence electrons. The zero-order chi connectivity index (χ0) is 13.0. The minimum Gasteiger partial charge on any atom is -0.375 e. The molecule has 0 aliphatic heterocycles. The largest absolute Gasteiger partial charge is 0.375 e. The molecule has 1 atom stereocenters. The molecule has 0 aliphatic rings. The molecule has 0 aliphatic carbocycles. The second-order valence-electron chi connectivity index (χ2n) is 4.46. The van der Waals surface area contributed by atoms with Crippen molar-refractivity contribution >= 4 is 23.1 Å². The molecule has 1 aromatic carbocycles. The highest BCUT2D eigenvalue weighted by Crippen LogP contribution is 2.16. The van der Waals surface area contributed by atoms with E-state index in [-0.39, 0.29) is 17.7 Å². The van der Waals surface area contributed by atoms with Crippen LogP contribution in [0.2, 0.25) is 5.02 Å². The molecular formula is C14H18ClNO. The van der Waals surface area contributed by atoms with Crippen molar-refractivity contribution < 1.29 is 4.79 Å². The van der Waals surface area contributed by atoms with Crippen LogP contribution in [0.1, 0.15) is 26.3 Å². The number of Topliss-reactive ketones (excluding diaryl/α,β-unsaturated/α-hetero) is 1. The van der Waals surface area contributed by atoms with Crippen molar-refractivity contribution in [2.24, 2.45) is 5.92 Å². The maximum atomic E-state index is 11.5. The van der Waals surface area contributed by atoms with Crippen molar-refractivity contribution in [3.05, 3.63) is 41.4 Å². The highest BCUT2D eigenvalue weighted by atomic mass is 35.5. The topological polar surface area (TPSA) is 29.1 Å². The molecule has 0 radical (unpaired) electrons. The number of benzene rings is 1. The first kappa shape index (κ1) is 13.8. The molecule has 0 fully saturated rings. The quantitative estimate of drug-likeness (QED) is 0.868. The van der Waals surface area contributed by atoms with Crippen molar-refractivity contribution in [1.29, 1.82) is 0 Å². The number of halogens is 1. The van der Waals surface area contributed by atoms with Crippen LogP contribution in [0.5, 0.6) is 0 Å². The van der Waals surface area contributed by atoms with Crippen LogP contribution in [-0.2, 0) is 4.79 Å². The average molecular weight is 252 g/mol. The zero-order valence-corrected chi connectivity index (χ0v) is 11.2. The van der Waals surface area contributed by atoms with E-state index >= 15 is 0 Å². The number of hydrogen-bond donors (Lipinski definition) is 1. The molecule has 0 bridgehead atoms. The van der Waals surface area contributed by atoms with Crippen molar-refractivity contribution in [2.45, 2.75) is 26.8 Å². The Kier molecular flexibility index (Phi) is 4.76. The number of rotatable bonds is 5. The van der Waals surface area contributed by atoms with Gasteiger partial charge in [0.25, 0.3) is 0 Å². The van der Waals surface area contributed by atoms with E-state index in [0.717, 1.165) is 11.3 Å². The summed E-state index contributed by atoms with van der Waals surface area (Å²) >= 11 is 5.82. The summed E-state index contributed by atoms with van der Waals surface area (Å²) < 4.78 is 0. The fourth-order valence-corrected chi connectivity index (χ4v) is 1.79. The van der Waals surface area contributed by atoms with Gasteiger partial charge in [0, 0.05) is 10.7 Å². The third-order valence-electron chi connectivity index (χ3n) is 2.63. The lowest BCUT2D eigenvalue weighted by molar-refractivity contribution is -0.119. The molecule has 0 saturated heterocycles. The van der Waals surface area contributed by atoms with Crippen LogP contribution in [-0.4, -0.2) is 11.8 Å². The normalized spacial score (nSPS) is 12.3. The summed E-state index contributed by atoms with van der Waals surface area (Å²) in [6.07, 6.45) is 0. The summed E-state index contributed by atoms with van der Waals surface area (Å²) in [5, 5.41) is 3.85. The third kappa shape index (κ3) is 3.90. The summed E-state index contributed by atoms with van der Waals surface area (Å²) in [6.45, 7) is 9.56. The van der Waals surface area contributed by atoms with Crippen LogP contribution in [0.25, 0.3) is 5.70 Å². The van der Waals surface area contributed by atoms with E-state index < -0.39 is 0 Å². The first-order valence-electron chi connectivity index (χ1n) is 5.63. The van der Waals surface area contributed by atoms with E-state index in [4.69, 9.17) is 11.6 Å². The van der Waals surface area contributed by atoms with Crippen LogP contribution in [0.15, 0.2) is 30.8 Å². The molecule has 0 spiro atoms. The van der Waals surface area contributed by atoms with Gasteiger partial charge in [-0.2, -0.15) is 0 Å². The van der Waals surface area contributed by atoms with Gasteiger partial charge in [-0.15, -0.1) is 0 Å². The Morgan fingerprint density at radius 1 is 1.29 bits per heavy atom. The van der Waals surface area contributed by atoms with Gasteiger partial charge in [0.15, 0.2) is 5.78 Å². The standard InChI is InChI=1S/C14H18ClNO/c1-9(2)14(11(4)17)16-10(3)12-5-7-13(15)8-6-12/h5-9,14,16H,3H2,1-2,4H3. The predicted octanol–water partition coefficient (Wildman–Crippen LogP) is 3.51. The van der Waals surface area contributed by atoms with Gasteiger partial charge in [-0.05, 0) is 30.5 Å². The molecule has 17 heavy (non-hydrogen) atoms. The fourth-order valence-electron chi connectivity index (χ4n) is 1.66. The predicted molar refractivity (Wildman–Crippen MR) is 72.9 cm³/mol. The smallest absolute Gasteiger partial charge is 0.152 e. The summed E-state index contributed by atoms with van der Waals surface area (Å²) in [7, 11) is 0. The molecule has 3 heteroatoms. The molecule has 0 heterocycles.